The molecule has 0 atom stereocenters. The molecule has 3 rings (SSSR count). The van der Waals surface area contributed by atoms with Gasteiger partial charge in [0, 0.05) is 21.5 Å². The van der Waals surface area contributed by atoms with E-state index in [9.17, 15) is 4.79 Å². The van der Waals surface area contributed by atoms with Crippen LogP contribution in [-0.2, 0) is 4.79 Å². The molecular weight excluding hydrogens is 358 g/mol. The van der Waals surface area contributed by atoms with E-state index in [2.05, 4.69) is 15.5 Å². The number of aryl methyl sites for hydroxylation is 1. The second kappa shape index (κ2) is 9.19. The van der Waals surface area contributed by atoms with E-state index < -0.39 is 0 Å². The molecule has 0 aliphatic heterocycles. The molecule has 0 unspecified atom stereocenters. The first-order chi connectivity index (χ1) is 13.2. The maximum Gasteiger partial charge on any atom is 0.250 e. The van der Waals surface area contributed by atoms with Gasteiger partial charge in [0.15, 0.2) is 0 Å². The number of hydrogen-bond donors (Lipinski definition) is 1. The van der Waals surface area contributed by atoms with Crippen molar-refractivity contribution in [3.05, 3.63) is 65.9 Å². The number of carbonyl (C=O) groups excluding carboxylic acids is 1. The number of thioether (sulfide) groups is 1. The first-order valence-electron chi connectivity index (χ1n) is 8.70. The Balaban J connectivity index is 1.61. The van der Waals surface area contributed by atoms with Crippen molar-refractivity contribution in [3.8, 4) is 5.75 Å². The molecule has 0 radical (unpaired) electrons. The summed E-state index contributed by atoms with van der Waals surface area (Å²) < 4.78 is 5.54. The number of para-hydroxylation sites is 2. The quantitative estimate of drug-likeness (QED) is 0.380. The summed E-state index contributed by atoms with van der Waals surface area (Å²) in [6.45, 7) is 4.46. The van der Waals surface area contributed by atoms with Crippen molar-refractivity contribution in [3.63, 3.8) is 0 Å². The van der Waals surface area contributed by atoms with Gasteiger partial charge in [0.05, 0.1) is 24.1 Å². The van der Waals surface area contributed by atoms with Gasteiger partial charge < -0.3 is 4.74 Å². The number of fused-ring (bicyclic) bond motifs is 1. The maximum atomic E-state index is 12.1. The van der Waals surface area contributed by atoms with Gasteiger partial charge in [-0.1, -0.05) is 30.3 Å². The van der Waals surface area contributed by atoms with Gasteiger partial charge >= 0.3 is 0 Å². The van der Waals surface area contributed by atoms with Gasteiger partial charge in [0.25, 0.3) is 0 Å². The highest BCUT2D eigenvalue weighted by molar-refractivity contribution is 8.00. The SMILES string of the molecule is CCOc1ccccc1C=NNC(=O)CSc1cc(C)nc2ccccc12. The molecule has 0 fully saturated rings. The monoisotopic (exact) mass is 379 g/mol. The highest BCUT2D eigenvalue weighted by Gasteiger charge is 2.07. The zero-order valence-electron chi connectivity index (χ0n) is 15.3. The molecular formula is C21H21N3O2S. The largest absolute Gasteiger partial charge is 0.493 e. The van der Waals surface area contributed by atoms with Crippen molar-refractivity contribution in [1.82, 2.24) is 10.4 Å². The Morgan fingerprint density at radius 1 is 1.22 bits per heavy atom. The Bertz CT molecular complexity index is 973. The van der Waals surface area contributed by atoms with Gasteiger partial charge in [-0.15, -0.1) is 11.8 Å². The Morgan fingerprint density at radius 2 is 2.00 bits per heavy atom. The molecule has 1 heterocycles. The van der Waals surface area contributed by atoms with Crippen LogP contribution in [0, 0.1) is 6.92 Å². The van der Waals surface area contributed by atoms with Gasteiger partial charge in [-0.05, 0) is 38.1 Å². The van der Waals surface area contributed by atoms with Crippen LogP contribution in [0.4, 0.5) is 0 Å². The molecule has 0 saturated carbocycles. The summed E-state index contributed by atoms with van der Waals surface area (Å²) in [4.78, 5) is 17.7. The van der Waals surface area contributed by atoms with Crippen LogP contribution in [0.25, 0.3) is 10.9 Å². The average Bonchev–Trinajstić information content (AvgIpc) is 2.67. The summed E-state index contributed by atoms with van der Waals surface area (Å²) in [6, 6.07) is 17.5. The molecule has 27 heavy (non-hydrogen) atoms. The number of nitrogens with one attached hydrogen (secondary N) is 1. The molecule has 0 bridgehead atoms. The summed E-state index contributed by atoms with van der Waals surface area (Å²) in [7, 11) is 0. The number of ether oxygens (including phenoxy) is 1. The second-order valence-corrected chi connectivity index (χ2v) is 6.85. The van der Waals surface area contributed by atoms with Gasteiger partial charge in [-0.25, -0.2) is 5.43 Å². The van der Waals surface area contributed by atoms with Crippen LogP contribution < -0.4 is 10.2 Å². The summed E-state index contributed by atoms with van der Waals surface area (Å²) in [5, 5.41) is 5.10. The van der Waals surface area contributed by atoms with Gasteiger partial charge in [0.1, 0.15) is 5.75 Å². The van der Waals surface area contributed by atoms with Crippen LogP contribution in [0.5, 0.6) is 5.75 Å². The number of hydrogen-bond acceptors (Lipinski definition) is 5. The van der Waals surface area contributed by atoms with Crippen molar-refractivity contribution in [2.75, 3.05) is 12.4 Å². The molecule has 1 amide bonds. The van der Waals surface area contributed by atoms with Crippen LogP contribution in [0.2, 0.25) is 0 Å². The Morgan fingerprint density at radius 3 is 2.85 bits per heavy atom. The van der Waals surface area contributed by atoms with E-state index in [0.29, 0.717) is 6.61 Å². The first kappa shape index (κ1) is 18.9. The summed E-state index contributed by atoms with van der Waals surface area (Å²) in [5.74, 6) is 0.854. The number of rotatable bonds is 7. The number of pyridine rings is 1. The highest BCUT2D eigenvalue weighted by atomic mass is 32.2. The van der Waals surface area contributed by atoms with E-state index in [-0.39, 0.29) is 11.7 Å². The highest BCUT2D eigenvalue weighted by Crippen LogP contribution is 2.27. The van der Waals surface area contributed by atoms with Gasteiger partial charge in [0.2, 0.25) is 5.91 Å². The average molecular weight is 379 g/mol. The van der Waals surface area contributed by atoms with E-state index in [1.54, 1.807) is 6.21 Å². The first-order valence-corrected chi connectivity index (χ1v) is 9.69. The van der Waals surface area contributed by atoms with Crippen molar-refractivity contribution < 1.29 is 9.53 Å². The van der Waals surface area contributed by atoms with Crippen molar-refractivity contribution in [1.29, 1.82) is 0 Å². The molecule has 2 aromatic carbocycles. The normalized spacial score (nSPS) is 11.0. The molecule has 5 nitrogen and oxygen atoms in total. The number of nitrogens with zero attached hydrogens (tertiary/aromatic N) is 2. The summed E-state index contributed by atoms with van der Waals surface area (Å²) >= 11 is 1.48. The van der Waals surface area contributed by atoms with Gasteiger partial charge in [-0.3, -0.25) is 9.78 Å². The third-order valence-corrected chi connectivity index (χ3v) is 4.83. The second-order valence-electron chi connectivity index (χ2n) is 5.83. The Hall–Kier alpha value is -2.86. The fourth-order valence-corrected chi connectivity index (χ4v) is 3.55. The van der Waals surface area contributed by atoms with Gasteiger partial charge in [-0.2, -0.15) is 5.10 Å². The van der Waals surface area contributed by atoms with Crippen molar-refractivity contribution in [2.45, 2.75) is 18.7 Å². The molecule has 0 aliphatic rings. The maximum absolute atomic E-state index is 12.1. The van der Waals surface area contributed by atoms with E-state index in [1.165, 1.54) is 11.8 Å². The Kier molecular flexibility index (Phi) is 6.44. The number of benzene rings is 2. The molecule has 6 heteroatoms. The lowest BCUT2D eigenvalue weighted by atomic mass is 10.2. The van der Waals surface area contributed by atoms with E-state index >= 15 is 0 Å². The minimum Gasteiger partial charge on any atom is -0.493 e. The van der Waals surface area contributed by atoms with E-state index in [0.717, 1.165) is 32.8 Å². The van der Waals surface area contributed by atoms with Crippen LogP contribution in [0.15, 0.2) is 64.6 Å². The standard InChI is InChI=1S/C21H21N3O2S/c1-3-26-19-11-7-4-8-16(19)13-22-24-21(25)14-27-20-12-15(2)23-18-10-6-5-9-17(18)20/h4-13H,3,14H2,1-2H3,(H,24,25). The fraction of sp³-hybridized carbons (Fsp3) is 0.190. The predicted octanol–water partition coefficient (Wildman–Crippen LogP) is 4.18. The van der Waals surface area contributed by atoms with Crippen LogP contribution in [0.3, 0.4) is 0 Å². The number of aromatic nitrogens is 1. The summed E-state index contributed by atoms with van der Waals surface area (Å²) in [6.07, 6.45) is 1.60. The fourth-order valence-electron chi connectivity index (χ4n) is 2.61. The van der Waals surface area contributed by atoms with Crippen LogP contribution in [-0.4, -0.2) is 29.5 Å². The Labute approximate surface area is 162 Å². The third kappa shape index (κ3) is 5.08. The zero-order chi connectivity index (χ0) is 19.1. The molecule has 1 N–H and O–H groups in total. The summed E-state index contributed by atoms with van der Waals surface area (Å²) in [5.41, 5.74) is 5.26. The number of carbonyl (C=O) groups is 1. The smallest absolute Gasteiger partial charge is 0.250 e. The number of hydrazone groups is 1. The van der Waals surface area contributed by atoms with Crippen LogP contribution >= 0.6 is 11.8 Å². The molecule has 0 spiro atoms. The third-order valence-electron chi connectivity index (χ3n) is 3.78. The molecule has 138 valence electrons. The number of amides is 1. The van der Waals surface area contributed by atoms with Crippen LogP contribution in [0.1, 0.15) is 18.2 Å². The predicted molar refractivity (Wildman–Crippen MR) is 111 cm³/mol. The topological polar surface area (TPSA) is 63.6 Å². The molecule has 3 aromatic rings. The van der Waals surface area contributed by atoms with E-state index in [4.69, 9.17) is 4.74 Å². The molecule has 1 aromatic heterocycles. The van der Waals surface area contributed by atoms with E-state index in [1.807, 2.05) is 68.4 Å². The van der Waals surface area contributed by atoms with Crippen molar-refractivity contribution >= 4 is 34.8 Å². The lowest BCUT2D eigenvalue weighted by Gasteiger charge is -2.07. The molecule has 0 saturated heterocycles. The lowest BCUT2D eigenvalue weighted by Crippen LogP contribution is -2.19. The zero-order valence-corrected chi connectivity index (χ0v) is 16.1. The molecule has 0 aliphatic carbocycles. The minimum atomic E-state index is -0.163. The minimum absolute atomic E-state index is 0.163. The lowest BCUT2D eigenvalue weighted by molar-refractivity contribution is -0.118. The van der Waals surface area contributed by atoms with Crippen molar-refractivity contribution in [2.24, 2.45) is 5.10 Å².